The van der Waals surface area contributed by atoms with Gasteiger partial charge >= 0.3 is 0 Å². The molecule has 70 heavy (non-hydrogen) atoms. The van der Waals surface area contributed by atoms with E-state index >= 15 is 0 Å². The number of rotatable bonds is 18. The lowest BCUT2D eigenvalue weighted by molar-refractivity contribution is -0.438. The Morgan fingerprint density at radius 1 is 0.829 bits per heavy atom. The largest absolute Gasteiger partial charge is 0.457 e. The lowest BCUT2D eigenvalue weighted by Gasteiger charge is -2.27. The molecular weight excluding hydrogens is 915 g/mol. The summed E-state index contributed by atoms with van der Waals surface area (Å²) in [5.74, 6) is 1.11. The van der Waals surface area contributed by atoms with Crippen LogP contribution in [0.25, 0.3) is 21.5 Å². The fourth-order valence-corrected chi connectivity index (χ4v) is 11.5. The van der Waals surface area contributed by atoms with E-state index in [1.165, 1.54) is 39.9 Å². The summed E-state index contributed by atoms with van der Waals surface area (Å²) in [6.07, 6.45) is 14.4. The first-order chi connectivity index (χ1) is 33.2. The Kier molecular flexibility index (Phi) is 14.4. The molecule has 10 nitrogen and oxygen atoms in total. The summed E-state index contributed by atoms with van der Waals surface area (Å²) in [6.45, 7) is 23.0. The molecule has 366 valence electrons. The van der Waals surface area contributed by atoms with Crippen LogP contribution in [0.5, 0.6) is 5.75 Å². The van der Waals surface area contributed by atoms with Crippen molar-refractivity contribution in [3.8, 4) is 5.75 Å². The molecule has 2 aliphatic heterocycles. The molecule has 2 heterocycles. The van der Waals surface area contributed by atoms with Crippen LogP contribution in [0, 0.1) is 0 Å². The summed E-state index contributed by atoms with van der Waals surface area (Å²) >= 11 is 0. The average molecular weight is 981 g/mol. The maximum Gasteiger partial charge on any atom is 0.294 e. The van der Waals surface area contributed by atoms with E-state index < -0.39 is 31.4 Å². The predicted octanol–water partition coefficient (Wildman–Crippen LogP) is 12.6. The fourth-order valence-electron chi connectivity index (χ4n) is 10.5. The highest BCUT2D eigenvalue weighted by molar-refractivity contribution is 7.86. The number of allylic oxidation sites excluding steroid dienone is 8. The smallest absolute Gasteiger partial charge is 0.294 e. The molecule has 0 bridgehead atoms. The second-order valence-corrected chi connectivity index (χ2v) is 22.9. The summed E-state index contributed by atoms with van der Waals surface area (Å²) in [5, 5.41) is 7.31. The van der Waals surface area contributed by atoms with E-state index in [9.17, 15) is 25.9 Å². The minimum absolute atomic E-state index is 0.171. The van der Waals surface area contributed by atoms with Gasteiger partial charge in [-0.25, -0.2) is 0 Å². The minimum atomic E-state index is -4.44. The molecule has 12 heteroatoms. The molecule has 0 saturated heterocycles. The van der Waals surface area contributed by atoms with Crippen molar-refractivity contribution in [3.63, 3.8) is 0 Å². The van der Waals surface area contributed by atoms with Gasteiger partial charge in [0.05, 0.1) is 16.1 Å². The fraction of sp³-hybridized carbons (Fsp3) is 0.328. The Balaban J connectivity index is 1.23. The number of ether oxygens (including phenoxy) is 1. The molecule has 0 spiro atoms. The van der Waals surface area contributed by atoms with Crippen molar-refractivity contribution in [2.75, 3.05) is 30.3 Å². The van der Waals surface area contributed by atoms with E-state index in [0.29, 0.717) is 11.9 Å². The van der Waals surface area contributed by atoms with E-state index in [1.807, 2.05) is 31.2 Å². The molecule has 5 aromatic rings. The van der Waals surface area contributed by atoms with Gasteiger partial charge in [0.25, 0.3) is 20.2 Å². The minimum Gasteiger partial charge on any atom is -0.457 e. The lowest BCUT2D eigenvalue weighted by atomic mass is 9.78. The van der Waals surface area contributed by atoms with Gasteiger partial charge in [0, 0.05) is 59.7 Å². The van der Waals surface area contributed by atoms with Crippen molar-refractivity contribution in [1.29, 1.82) is 0 Å². The van der Waals surface area contributed by atoms with Gasteiger partial charge in [-0.1, -0.05) is 95.0 Å². The van der Waals surface area contributed by atoms with Crippen LogP contribution in [-0.2, 0) is 37.5 Å². The molecule has 8 rings (SSSR count). The lowest BCUT2D eigenvalue weighted by Crippen LogP contribution is -2.28. The first kappa shape index (κ1) is 50.3. The van der Waals surface area contributed by atoms with Gasteiger partial charge in [-0.3, -0.25) is 9.11 Å². The quantitative estimate of drug-likeness (QED) is 0.0445. The third kappa shape index (κ3) is 10.4. The molecule has 1 aliphatic carbocycles. The van der Waals surface area contributed by atoms with Crippen molar-refractivity contribution in [3.05, 3.63) is 179 Å². The number of hydrogen-bond acceptors (Lipinski definition) is 7. The van der Waals surface area contributed by atoms with Crippen molar-refractivity contribution in [2.24, 2.45) is 0 Å². The molecule has 0 amide bonds. The van der Waals surface area contributed by atoms with Crippen LogP contribution in [-0.4, -0.2) is 61.6 Å². The molecule has 3 N–H and O–H groups in total. The first-order valence-electron chi connectivity index (χ1n) is 24.3. The van der Waals surface area contributed by atoms with Crippen LogP contribution >= 0.6 is 0 Å². The molecule has 0 saturated carbocycles. The number of anilines is 1. The van der Waals surface area contributed by atoms with Gasteiger partial charge in [0.15, 0.2) is 5.71 Å². The van der Waals surface area contributed by atoms with Crippen molar-refractivity contribution in [2.45, 2.75) is 102 Å². The van der Waals surface area contributed by atoms with E-state index in [1.54, 1.807) is 6.07 Å². The van der Waals surface area contributed by atoms with Crippen LogP contribution in [0.1, 0.15) is 96.8 Å². The topological polar surface area (TPSA) is 136 Å². The third-order valence-electron chi connectivity index (χ3n) is 14.2. The zero-order valence-corrected chi connectivity index (χ0v) is 42.9. The van der Waals surface area contributed by atoms with Gasteiger partial charge in [0.1, 0.15) is 18.1 Å². The zero-order chi connectivity index (χ0) is 50.2. The number of nitrogens with zero attached hydrogens (tertiary/aromatic N) is 2. The molecule has 0 fully saturated rings. The molecule has 0 aromatic heterocycles. The normalized spacial score (nSPS) is 17.9. The van der Waals surface area contributed by atoms with Gasteiger partial charge in [-0.15, -0.1) is 0 Å². The highest BCUT2D eigenvalue weighted by Gasteiger charge is 2.46. The van der Waals surface area contributed by atoms with E-state index in [0.717, 1.165) is 113 Å². The third-order valence-corrected chi connectivity index (χ3v) is 15.8. The summed E-state index contributed by atoms with van der Waals surface area (Å²) in [6, 6.07) is 29.7. The van der Waals surface area contributed by atoms with Gasteiger partial charge in [-0.2, -0.15) is 21.4 Å². The van der Waals surface area contributed by atoms with Gasteiger partial charge < -0.3 is 15.0 Å². The zero-order valence-electron chi connectivity index (χ0n) is 41.3. The predicted molar refractivity (Wildman–Crippen MR) is 286 cm³/mol. The molecule has 0 atom stereocenters. The average Bonchev–Trinajstić information content (AvgIpc) is 3.67. The number of nitrogens with one attached hydrogen (secondary N) is 1. The molecule has 3 aliphatic rings. The summed E-state index contributed by atoms with van der Waals surface area (Å²) < 4.78 is 77.4. The maximum absolute atomic E-state index is 12.1. The van der Waals surface area contributed by atoms with E-state index in [-0.39, 0.29) is 16.7 Å². The maximum atomic E-state index is 12.1. The molecule has 0 radical (unpaired) electrons. The Hall–Kier alpha value is -6.05. The second kappa shape index (κ2) is 20.0. The van der Waals surface area contributed by atoms with Crippen molar-refractivity contribution in [1.82, 2.24) is 5.32 Å². The van der Waals surface area contributed by atoms with Crippen LogP contribution in [0.2, 0.25) is 0 Å². The Labute approximate surface area is 414 Å². The Morgan fingerprint density at radius 3 is 2.27 bits per heavy atom. The molecular formula is C58H66N3O7S2+. The second-order valence-electron chi connectivity index (χ2n) is 19.9. The van der Waals surface area contributed by atoms with Crippen LogP contribution in [0.4, 0.5) is 11.4 Å². The molecule has 0 unspecified atom stereocenters. The number of fused-ring (bicyclic) bond motifs is 6. The number of unbranched alkanes of at least 4 members (excludes halogenated alkanes) is 1. The summed E-state index contributed by atoms with van der Waals surface area (Å²) in [7, 11) is -8.65. The Bertz CT molecular complexity index is 3300. The van der Waals surface area contributed by atoms with Gasteiger partial charge in [-0.05, 0) is 151 Å². The van der Waals surface area contributed by atoms with Crippen molar-refractivity contribution < 1.29 is 35.3 Å². The standard InChI is InChI=1S/C58H65N3O7S2/c1-9-10-35-60-50-29-21-42-15-11-12-18-48(42)54(50)57(5,6)52(60)31-23-43-16-13-17-44(56(43)68-46-25-19-41(20-26-46)33-34-59-40(4)39(2)3)24-32-53-58(7,8)55-49-28-27-47(70(65,66)67)38-45(49)22-30-51(55)61(53)36-14-37-69(62,63)64/h11-12,15,18-32,38,59H,2,4,9-10,13-14,16-17,33-37H2,1,3,5-8H3,(H-,62,63,64,65,66,67)/p+1. The SMILES string of the molecule is C=C(C)C(=C)NCCc1ccc(OC2=C(/C=C/C3=[N+](CCCC)c4ccc5ccccc5c4C3(C)C)CCC/C2=C\C=C2\N(CCCS(=O)(=O)O)c3ccc4cc(S(=O)(=O)O)ccc4c3C2(C)C)cc1. The Morgan fingerprint density at radius 2 is 1.56 bits per heavy atom. The van der Waals surface area contributed by atoms with E-state index in [2.05, 4.69) is 135 Å². The monoisotopic (exact) mass is 980 g/mol. The number of benzene rings is 5. The van der Waals surface area contributed by atoms with Crippen molar-refractivity contribution >= 4 is 58.9 Å². The van der Waals surface area contributed by atoms with Crippen LogP contribution < -0.4 is 15.0 Å². The van der Waals surface area contributed by atoms with Crippen LogP contribution in [0.15, 0.2) is 167 Å². The highest BCUT2D eigenvalue weighted by Crippen LogP contribution is 2.51. The number of hydrogen-bond donors (Lipinski definition) is 3. The van der Waals surface area contributed by atoms with Crippen LogP contribution in [0.3, 0.4) is 0 Å². The van der Waals surface area contributed by atoms with Gasteiger partial charge in [0.2, 0.25) is 5.69 Å². The summed E-state index contributed by atoms with van der Waals surface area (Å²) in [4.78, 5) is 1.91. The first-order valence-corrected chi connectivity index (χ1v) is 27.4. The highest BCUT2D eigenvalue weighted by atomic mass is 32.2. The summed E-state index contributed by atoms with van der Waals surface area (Å²) in [5.41, 5.74) is 10.6. The molecule has 5 aromatic carbocycles. The van der Waals surface area contributed by atoms with E-state index in [4.69, 9.17) is 4.74 Å².